The molecule has 7 heteroatoms. The van der Waals surface area contributed by atoms with Gasteiger partial charge in [-0.2, -0.15) is 0 Å². The van der Waals surface area contributed by atoms with Gasteiger partial charge in [0.1, 0.15) is 6.17 Å². The zero-order chi connectivity index (χ0) is 16.8. The maximum absolute atomic E-state index is 14.6. The molecular formula is C15H17F4NO2. The van der Waals surface area contributed by atoms with Crippen LogP contribution in [0.15, 0.2) is 12.1 Å². The van der Waals surface area contributed by atoms with Crippen molar-refractivity contribution in [2.75, 3.05) is 6.54 Å². The first-order valence-electron chi connectivity index (χ1n) is 6.82. The summed E-state index contributed by atoms with van der Waals surface area (Å²) >= 11 is 0. The molecule has 3 nitrogen and oxygen atoms in total. The van der Waals surface area contributed by atoms with Gasteiger partial charge in [-0.3, -0.25) is 0 Å². The lowest BCUT2D eigenvalue weighted by Gasteiger charge is -2.53. The average molecular weight is 319 g/mol. The summed E-state index contributed by atoms with van der Waals surface area (Å²) in [6.07, 6.45) is -2.94. The van der Waals surface area contributed by atoms with Gasteiger partial charge in [-0.05, 0) is 23.1 Å². The van der Waals surface area contributed by atoms with Crippen LogP contribution in [0.2, 0.25) is 0 Å². The highest BCUT2D eigenvalue weighted by Gasteiger charge is 2.52. The van der Waals surface area contributed by atoms with E-state index < -0.39 is 47.1 Å². The van der Waals surface area contributed by atoms with E-state index in [9.17, 15) is 22.4 Å². The van der Waals surface area contributed by atoms with Crippen LogP contribution in [0.25, 0.3) is 0 Å². The Morgan fingerprint density at radius 1 is 1.27 bits per heavy atom. The van der Waals surface area contributed by atoms with E-state index >= 15 is 0 Å². The zero-order valence-corrected chi connectivity index (χ0v) is 12.4. The van der Waals surface area contributed by atoms with Crippen LogP contribution in [0, 0.1) is 28.8 Å². The molecule has 0 aromatic heterocycles. The van der Waals surface area contributed by atoms with E-state index in [1.54, 1.807) is 20.8 Å². The Bertz CT molecular complexity index is 577. The lowest BCUT2D eigenvalue weighted by atomic mass is 9.69. The van der Waals surface area contributed by atoms with Crippen molar-refractivity contribution in [3.05, 3.63) is 35.1 Å². The van der Waals surface area contributed by atoms with Crippen LogP contribution in [0.5, 0.6) is 0 Å². The molecule has 0 radical (unpaired) electrons. The summed E-state index contributed by atoms with van der Waals surface area (Å²) in [6.45, 7) is 5.22. The van der Waals surface area contributed by atoms with Crippen molar-refractivity contribution < 1.29 is 27.5 Å². The molecule has 1 amide bonds. The van der Waals surface area contributed by atoms with Gasteiger partial charge in [-0.25, -0.2) is 22.4 Å². The van der Waals surface area contributed by atoms with Gasteiger partial charge in [0, 0.05) is 18.5 Å². The van der Waals surface area contributed by atoms with Crippen LogP contribution >= 0.6 is 0 Å². The molecular weight excluding hydrogens is 302 g/mol. The number of rotatable bonds is 2. The van der Waals surface area contributed by atoms with Gasteiger partial charge in [-0.15, -0.1) is 0 Å². The van der Waals surface area contributed by atoms with E-state index in [0.717, 1.165) is 4.90 Å². The smallest absolute Gasteiger partial charge is 0.407 e. The van der Waals surface area contributed by atoms with Crippen LogP contribution in [0.1, 0.15) is 32.5 Å². The highest BCUT2D eigenvalue weighted by molar-refractivity contribution is 5.67. The molecule has 1 aliphatic heterocycles. The first-order valence-corrected chi connectivity index (χ1v) is 6.82. The maximum atomic E-state index is 14.6. The van der Waals surface area contributed by atoms with Crippen molar-refractivity contribution in [2.45, 2.75) is 33.0 Å². The first-order chi connectivity index (χ1) is 10.0. The quantitative estimate of drug-likeness (QED) is 0.657. The molecule has 122 valence electrons. The number of amides is 1. The molecule has 3 atom stereocenters. The third-order valence-corrected chi connectivity index (χ3v) is 3.98. The molecule has 1 saturated heterocycles. The van der Waals surface area contributed by atoms with Crippen molar-refractivity contribution in [1.29, 1.82) is 0 Å². The predicted molar refractivity (Wildman–Crippen MR) is 71.6 cm³/mol. The fraction of sp³-hybridized carbons (Fsp3) is 0.533. The van der Waals surface area contributed by atoms with E-state index in [2.05, 4.69) is 0 Å². The Labute approximate surface area is 125 Å². The van der Waals surface area contributed by atoms with Crippen molar-refractivity contribution in [3.63, 3.8) is 0 Å². The molecule has 3 unspecified atom stereocenters. The minimum Gasteiger partial charge on any atom is -0.465 e. The zero-order valence-electron chi connectivity index (χ0n) is 12.4. The molecule has 1 N–H and O–H groups in total. The highest BCUT2D eigenvalue weighted by atomic mass is 19.2. The maximum Gasteiger partial charge on any atom is 0.407 e. The second-order valence-electron chi connectivity index (χ2n) is 6.61. The van der Waals surface area contributed by atoms with Crippen LogP contribution in [-0.2, 0) is 0 Å². The second kappa shape index (κ2) is 5.44. The normalized spacial score (nSPS) is 23.1. The summed E-state index contributed by atoms with van der Waals surface area (Å²) < 4.78 is 54.0. The van der Waals surface area contributed by atoms with Gasteiger partial charge < -0.3 is 10.0 Å². The molecule has 2 rings (SSSR count). The van der Waals surface area contributed by atoms with Crippen LogP contribution in [-0.4, -0.2) is 28.7 Å². The minimum absolute atomic E-state index is 0.0704. The molecule has 0 bridgehead atoms. The number of carbonyl (C=O) groups is 1. The fourth-order valence-electron chi connectivity index (χ4n) is 3.07. The summed E-state index contributed by atoms with van der Waals surface area (Å²) in [7, 11) is 0. The third-order valence-electron chi connectivity index (χ3n) is 3.98. The van der Waals surface area contributed by atoms with Gasteiger partial charge in [0.15, 0.2) is 17.5 Å². The summed E-state index contributed by atoms with van der Waals surface area (Å²) in [5.74, 6) is -5.30. The first kappa shape index (κ1) is 16.6. The van der Waals surface area contributed by atoms with E-state index in [1.165, 1.54) is 0 Å². The molecule has 22 heavy (non-hydrogen) atoms. The number of alkyl halides is 1. The number of carboxylic acid groups (broad SMARTS) is 1. The minimum atomic E-state index is -1.77. The lowest BCUT2D eigenvalue weighted by molar-refractivity contribution is -0.0679. The van der Waals surface area contributed by atoms with E-state index in [0.29, 0.717) is 12.1 Å². The predicted octanol–water partition coefficient (Wildman–Crippen LogP) is 4.14. The number of hydrogen-bond acceptors (Lipinski definition) is 1. The van der Waals surface area contributed by atoms with Crippen molar-refractivity contribution in [3.8, 4) is 0 Å². The molecule has 1 aromatic rings. The van der Waals surface area contributed by atoms with E-state index in [-0.39, 0.29) is 12.1 Å². The largest absolute Gasteiger partial charge is 0.465 e. The fourth-order valence-corrected chi connectivity index (χ4v) is 3.07. The Morgan fingerprint density at radius 3 is 2.18 bits per heavy atom. The number of benzene rings is 1. The molecule has 0 aliphatic carbocycles. The van der Waals surface area contributed by atoms with Gasteiger partial charge in [0.2, 0.25) is 0 Å². The standard InChI is InChI=1S/C15H17F4NO2/c1-15(2,3)13-8(6-20(13)14(21)22)11(18)7-4-9(16)12(19)10(17)5-7/h4-5,8,11,13H,6H2,1-3H3,(H,21,22). The number of hydrogen-bond donors (Lipinski definition) is 1. The van der Waals surface area contributed by atoms with Gasteiger partial charge in [-0.1, -0.05) is 20.8 Å². The Morgan fingerprint density at radius 2 is 1.77 bits per heavy atom. The SMILES string of the molecule is CC(C)(C)C1C(C(F)c2cc(F)c(F)c(F)c2)CN1C(=O)O. The second-order valence-corrected chi connectivity index (χ2v) is 6.61. The molecule has 1 aliphatic rings. The van der Waals surface area contributed by atoms with Crippen LogP contribution < -0.4 is 0 Å². The number of likely N-dealkylation sites (tertiary alicyclic amines) is 1. The van der Waals surface area contributed by atoms with Gasteiger partial charge in [0.25, 0.3) is 0 Å². The number of halogens is 4. The van der Waals surface area contributed by atoms with E-state index in [4.69, 9.17) is 5.11 Å². The monoisotopic (exact) mass is 319 g/mol. The summed E-state index contributed by atoms with van der Waals surface area (Å²) in [4.78, 5) is 12.2. The Balaban J connectivity index is 2.30. The van der Waals surface area contributed by atoms with Crippen molar-refractivity contribution >= 4 is 6.09 Å². The summed E-state index contributed by atoms with van der Waals surface area (Å²) in [5, 5.41) is 9.10. The molecule has 1 aromatic carbocycles. The molecule has 1 fully saturated rings. The molecule has 0 saturated carbocycles. The Hall–Kier alpha value is -1.79. The van der Waals surface area contributed by atoms with Crippen LogP contribution in [0.3, 0.4) is 0 Å². The lowest BCUT2D eigenvalue weighted by Crippen LogP contribution is -2.64. The van der Waals surface area contributed by atoms with E-state index in [1.807, 2.05) is 0 Å². The van der Waals surface area contributed by atoms with Crippen molar-refractivity contribution in [2.24, 2.45) is 11.3 Å². The van der Waals surface area contributed by atoms with Gasteiger partial charge in [0.05, 0.1) is 0 Å². The average Bonchev–Trinajstić information content (AvgIpc) is 2.31. The summed E-state index contributed by atoms with van der Waals surface area (Å²) in [5.41, 5.74) is -0.858. The molecule has 0 spiro atoms. The molecule has 1 heterocycles. The topological polar surface area (TPSA) is 40.5 Å². The van der Waals surface area contributed by atoms with Crippen molar-refractivity contribution in [1.82, 2.24) is 4.90 Å². The van der Waals surface area contributed by atoms with Crippen LogP contribution in [0.4, 0.5) is 22.4 Å². The Kier molecular flexibility index (Phi) is 4.10. The number of nitrogens with zero attached hydrogens (tertiary/aromatic N) is 1. The van der Waals surface area contributed by atoms with Gasteiger partial charge >= 0.3 is 6.09 Å². The third kappa shape index (κ3) is 2.76. The summed E-state index contributed by atoms with van der Waals surface area (Å²) in [6, 6.07) is 0.606. The highest BCUT2D eigenvalue weighted by Crippen LogP contribution is 2.46.